The van der Waals surface area contributed by atoms with Crippen LogP contribution in [0.25, 0.3) is 0 Å². The number of rotatable bonds is 7. The molecule has 3 rings (SSSR count). The molecule has 0 spiro atoms. The smallest absolute Gasteiger partial charge is 0.194 e. The number of guanidine groups is 1. The van der Waals surface area contributed by atoms with E-state index in [4.69, 9.17) is 21.3 Å². The third-order valence-corrected chi connectivity index (χ3v) is 5.46. The quantitative estimate of drug-likeness (QED) is 0.327. The summed E-state index contributed by atoms with van der Waals surface area (Å²) in [7, 11) is 4.08. The van der Waals surface area contributed by atoms with Gasteiger partial charge in [-0.05, 0) is 18.6 Å². The second-order valence-corrected chi connectivity index (χ2v) is 7.82. The first-order valence-corrected chi connectivity index (χ1v) is 10.6. The van der Waals surface area contributed by atoms with Crippen molar-refractivity contribution in [2.24, 2.45) is 12.0 Å². The Morgan fingerprint density at radius 3 is 2.57 bits per heavy atom. The van der Waals surface area contributed by atoms with E-state index in [1.807, 2.05) is 19.3 Å². The average molecular weight is 546 g/mol. The number of benzene rings is 1. The van der Waals surface area contributed by atoms with Crippen LogP contribution < -0.4 is 5.32 Å². The van der Waals surface area contributed by atoms with Gasteiger partial charge >= 0.3 is 0 Å². The minimum Gasteiger partial charge on any atom is -0.379 e. The highest BCUT2D eigenvalue weighted by atomic mass is 127. The van der Waals surface area contributed by atoms with Crippen LogP contribution in [-0.2, 0) is 18.3 Å². The minimum atomic E-state index is 0. The summed E-state index contributed by atoms with van der Waals surface area (Å²) in [6.07, 6.45) is 1.93. The van der Waals surface area contributed by atoms with Crippen LogP contribution in [0.4, 0.5) is 0 Å². The molecule has 6 nitrogen and oxygen atoms in total. The van der Waals surface area contributed by atoms with Crippen molar-refractivity contribution in [3.05, 3.63) is 58.9 Å². The van der Waals surface area contributed by atoms with Crippen molar-refractivity contribution in [3.63, 3.8) is 0 Å². The van der Waals surface area contributed by atoms with Crippen LogP contribution in [0.3, 0.4) is 0 Å². The van der Waals surface area contributed by atoms with Crippen LogP contribution in [-0.4, -0.2) is 66.8 Å². The number of aliphatic imine (C=N–C) groups is 1. The lowest BCUT2D eigenvalue weighted by Crippen LogP contribution is -2.42. The predicted molar refractivity (Wildman–Crippen MR) is 135 cm³/mol. The Morgan fingerprint density at radius 1 is 1.27 bits per heavy atom. The van der Waals surface area contributed by atoms with Gasteiger partial charge in [0.25, 0.3) is 0 Å². The number of halogens is 2. The molecule has 0 bridgehead atoms. The molecule has 166 valence electrons. The number of hydrogen-bond acceptors (Lipinski definition) is 3. The molecule has 2 aromatic rings. The highest BCUT2D eigenvalue weighted by Gasteiger charge is 2.23. The number of ether oxygens (including phenoxy) is 1. The van der Waals surface area contributed by atoms with Crippen molar-refractivity contribution in [1.29, 1.82) is 0 Å². The molecule has 0 aliphatic carbocycles. The molecule has 8 heteroatoms. The SMILES string of the molecule is CCNC(=NCC(c1ccccc1)N1CCOCC1)N(C)Cc1cc(Cl)cn1C.I. The van der Waals surface area contributed by atoms with Crippen molar-refractivity contribution in [2.75, 3.05) is 46.4 Å². The molecule has 1 N–H and O–H groups in total. The van der Waals surface area contributed by atoms with Crippen LogP contribution in [0.2, 0.25) is 5.02 Å². The Morgan fingerprint density at radius 2 is 1.97 bits per heavy atom. The van der Waals surface area contributed by atoms with Gasteiger partial charge in [0.1, 0.15) is 0 Å². The monoisotopic (exact) mass is 545 g/mol. The van der Waals surface area contributed by atoms with Crippen LogP contribution in [0, 0.1) is 0 Å². The summed E-state index contributed by atoms with van der Waals surface area (Å²) in [5, 5.41) is 4.19. The minimum absolute atomic E-state index is 0. The number of nitrogens with one attached hydrogen (secondary N) is 1. The fourth-order valence-electron chi connectivity index (χ4n) is 3.68. The Balaban J connectivity index is 0.00000320. The normalized spacial score (nSPS) is 16.1. The van der Waals surface area contributed by atoms with Gasteiger partial charge in [0.05, 0.1) is 37.4 Å². The largest absolute Gasteiger partial charge is 0.379 e. The van der Waals surface area contributed by atoms with Crippen LogP contribution in [0.1, 0.15) is 24.2 Å². The topological polar surface area (TPSA) is 45.0 Å². The first-order valence-electron chi connectivity index (χ1n) is 10.3. The Kier molecular flexibility index (Phi) is 10.4. The van der Waals surface area contributed by atoms with E-state index in [2.05, 4.69) is 64.0 Å². The van der Waals surface area contributed by atoms with Gasteiger partial charge in [0, 0.05) is 45.6 Å². The lowest BCUT2D eigenvalue weighted by atomic mass is 10.0. The predicted octanol–water partition coefficient (Wildman–Crippen LogP) is 3.77. The van der Waals surface area contributed by atoms with E-state index in [0.29, 0.717) is 6.54 Å². The first-order chi connectivity index (χ1) is 14.1. The number of morpholine rings is 1. The van der Waals surface area contributed by atoms with Gasteiger partial charge in [0.15, 0.2) is 5.96 Å². The van der Waals surface area contributed by atoms with Gasteiger partial charge in [-0.2, -0.15) is 0 Å². The molecular weight excluding hydrogens is 513 g/mol. The maximum absolute atomic E-state index is 6.15. The fraction of sp³-hybridized carbons (Fsp3) is 0.500. The maximum Gasteiger partial charge on any atom is 0.194 e. The molecule has 0 amide bonds. The van der Waals surface area contributed by atoms with Crippen LogP contribution >= 0.6 is 35.6 Å². The third-order valence-electron chi connectivity index (χ3n) is 5.25. The molecule has 0 saturated carbocycles. The van der Waals surface area contributed by atoms with E-state index >= 15 is 0 Å². The first kappa shape index (κ1) is 25.0. The lowest BCUT2D eigenvalue weighted by molar-refractivity contribution is 0.0179. The summed E-state index contributed by atoms with van der Waals surface area (Å²) in [6.45, 7) is 7.78. The summed E-state index contributed by atoms with van der Waals surface area (Å²) in [5.74, 6) is 0.902. The zero-order valence-electron chi connectivity index (χ0n) is 18.1. The molecule has 1 fully saturated rings. The summed E-state index contributed by atoms with van der Waals surface area (Å²) < 4.78 is 7.61. The molecule has 1 aromatic carbocycles. The zero-order valence-corrected chi connectivity index (χ0v) is 21.1. The van der Waals surface area contributed by atoms with Crippen LogP contribution in [0.5, 0.6) is 0 Å². The number of hydrogen-bond donors (Lipinski definition) is 1. The van der Waals surface area contributed by atoms with E-state index in [0.717, 1.165) is 56.1 Å². The molecule has 1 unspecified atom stereocenters. The second-order valence-electron chi connectivity index (χ2n) is 7.39. The summed E-state index contributed by atoms with van der Waals surface area (Å²) >= 11 is 6.15. The second kappa shape index (κ2) is 12.5. The van der Waals surface area contributed by atoms with Crippen molar-refractivity contribution in [2.45, 2.75) is 19.5 Å². The maximum atomic E-state index is 6.15. The highest BCUT2D eigenvalue weighted by molar-refractivity contribution is 14.0. The summed E-state index contributed by atoms with van der Waals surface area (Å²) in [6, 6.07) is 12.9. The van der Waals surface area contributed by atoms with Gasteiger partial charge in [0.2, 0.25) is 0 Å². The molecule has 0 radical (unpaired) electrons. The molecule has 1 atom stereocenters. The van der Waals surface area contributed by atoms with Crippen molar-refractivity contribution >= 4 is 41.5 Å². The molecule has 1 aromatic heterocycles. The van der Waals surface area contributed by atoms with Gasteiger partial charge in [-0.15, -0.1) is 24.0 Å². The third kappa shape index (κ3) is 6.87. The highest BCUT2D eigenvalue weighted by Crippen LogP contribution is 2.22. The van der Waals surface area contributed by atoms with E-state index in [9.17, 15) is 0 Å². The fourth-order valence-corrected chi connectivity index (χ4v) is 3.95. The van der Waals surface area contributed by atoms with E-state index < -0.39 is 0 Å². The standard InChI is InChI=1S/C22H32ClN5O.HI/c1-4-24-22(27(3)17-20-14-19(23)16-26(20)2)25-15-21(18-8-6-5-7-9-18)28-10-12-29-13-11-28;/h5-9,14,16,21H,4,10-13,15,17H2,1-3H3,(H,24,25);1H. The Hall–Kier alpha value is -1.29. The number of nitrogens with zero attached hydrogens (tertiary/aromatic N) is 4. The van der Waals surface area contributed by atoms with E-state index in [1.54, 1.807) is 0 Å². The van der Waals surface area contributed by atoms with Crippen molar-refractivity contribution in [1.82, 2.24) is 19.7 Å². The molecule has 1 aliphatic heterocycles. The van der Waals surface area contributed by atoms with E-state index in [1.165, 1.54) is 5.56 Å². The average Bonchev–Trinajstić information content (AvgIpc) is 3.05. The van der Waals surface area contributed by atoms with E-state index in [-0.39, 0.29) is 30.0 Å². The summed E-state index contributed by atoms with van der Waals surface area (Å²) in [4.78, 5) is 9.63. The molecule has 2 heterocycles. The van der Waals surface area contributed by atoms with Crippen LogP contribution in [0.15, 0.2) is 47.6 Å². The van der Waals surface area contributed by atoms with Crippen molar-refractivity contribution in [3.8, 4) is 0 Å². The molecule has 1 saturated heterocycles. The molecule has 1 aliphatic rings. The number of aryl methyl sites for hydroxylation is 1. The van der Waals surface area contributed by atoms with Gasteiger partial charge in [-0.1, -0.05) is 41.9 Å². The number of aromatic nitrogens is 1. The molecule has 30 heavy (non-hydrogen) atoms. The Bertz CT molecular complexity index is 792. The molecular formula is C22H33ClIN5O. The van der Waals surface area contributed by atoms with Gasteiger partial charge in [-0.3, -0.25) is 9.89 Å². The zero-order chi connectivity index (χ0) is 20.6. The summed E-state index contributed by atoms with van der Waals surface area (Å²) in [5.41, 5.74) is 2.45. The van der Waals surface area contributed by atoms with Crippen molar-refractivity contribution < 1.29 is 4.74 Å². The van der Waals surface area contributed by atoms with Gasteiger partial charge < -0.3 is 19.5 Å². The Labute approximate surface area is 202 Å². The lowest BCUT2D eigenvalue weighted by Gasteiger charge is -2.34. The van der Waals surface area contributed by atoms with Gasteiger partial charge in [-0.25, -0.2) is 0 Å².